The van der Waals surface area contributed by atoms with Gasteiger partial charge in [0.2, 0.25) is 0 Å². The molecule has 5 nitrogen and oxygen atoms in total. The smallest absolute Gasteiger partial charge is 0.253 e. The van der Waals surface area contributed by atoms with Crippen LogP contribution in [0.15, 0.2) is 36.5 Å². The van der Waals surface area contributed by atoms with Crippen molar-refractivity contribution in [3.05, 3.63) is 58.9 Å². The van der Waals surface area contributed by atoms with Crippen molar-refractivity contribution in [2.75, 3.05) is 7.05 Å². The first-order valence-corrected chi connectivity index (χ1v) is 6.65. The fourth-order valence-corrected chi connectivity index (χ4v) is 2.05. The van der Waals surface area contributed by atoms with Crippen LogP contribution in [-0.4, -0.2) is 23.0 Å². The van der Waals surface area contributed by atoms with Gasteiger partial charge in [0, 0.05) is 18.8 Å². The van der Waals surface area contributed by atoms with Crippen molar-refractivity contribution in [1.29, 1.82) is 0 Å². The molecular weight excluding hydrogens is 268 g/mol. The quantitative estimate of drug-likeness (QED) is 0.879. The van der Waals surface area contributed by atoms with Gasteiger partial charge in [0.05, 0.1) is 17.9 Å². The number of aryl methyl sites for hydroxylation is 1. The number of aliphatic hydroxyl groups excluding tert-OH is 1. The highest BCUT2D eigenvalue weighted by Crippen LogP contribution is 2.26. The molecular formula is C16H18N2O3. The lowest BCUT2D eigenvalue weighted by atomic mass is 10.1. The van der Waals surface area contributed by atoms with Gasteiger partial charge < -0.3 is 15.2 Å². The standard InChI is InChI=1S/C16H18N2O3/c1-11-15(21-10-12-6-4-3-5-7-12)14(9-19)13(8-18-11)16(20)17-2/h3-8,19H,9-10H2,1-2H3,(H,17,20). The minimum atomic E-state index is -0.295. The van der Waals surface area contributed by atoms with Crippen LogP contribution in [0.4, 0.5) is 0 Å². The van der Waals surface area contributed by atoms with Crippen molar-refractivity contribution in [2.24, 2.45) is 0 Å². The summed E-state index contributed by atoms with van der Waals surface area (Å²) in [6, 6.07) is 9.69. The maximum absolute atomic E-state index is 11.8. The van der Waals surface area contributed by atoms with Crippen LogP contribution in [0.25, 0.3) is 0 Å². The van der Waals surface area contributed by atoms with Gasteiger partial charge in [-0.2, -0.15) is 0 Å². The van der Waals surface area contributed by atoms with E-state index in [0.717, 1.165) is 5.56 Å². The van der Waals surface area contributed by atoms with Crippen LogP contribution in [-0.2, 0) is 13.2 Å². The van der Waals surface area contributed by atoms with E-state index in [1.807, 2.05) is 30.3 Å². The number of carbonyl (C=O) groups is 1. The molecule has 0 atom stereocenters. The average molecular weight is 286 g/mol. The predicted molar refractivity (Wildman–Crippen MR) is 79.1 cm³/mol. The topological polar surface area (TPSA) is 71.5 Å². The Morgan fingerprint density at radius 3 is 2.67 bits per heavy atom. The number of benzene rings is 1. The van der Waals surface area contributed by atoms with Gasteiger partial charge in [-0.05, 0) is 12.5 Å². The molecule has 110 valence electrons. The van der Waals surface area contributed by atoms with E-state index in [4.69, 9.17) is 4.74 Å². The lowest BCUT2D eigenvalue weighted by molar-refractivity contribution is 0.0958. The van der Waals surface area contributed by atoms with E-state index in [1.54, 1.807) is 6.92 Å². The molecule has 1 aromatic carbocycles. The van der Waals surface area contributed by atoms with E-state index in [2.05, 4.69) is 10.3 Å². The molecule has 0 saturated carbocycles. The number of hydrogen-bond acceptors (Lipinski definition) is 4. The lowest BCUT2D eigenvalue weighted by Crippen LogP contribution is -2.21. The molecule has 2 aromatic rings. The molecule has 1 heterocycles. The van der Waals surface area contributed by atoms with Crippen molar-refractivity contribution in [1.82, 2.24) is 10.3 Å². The maximum atomic E-state index is 11.8. The molecule has 0 radical (unpaired) electrons. The van der Waals surface area contributed by atoms with Crippen LogP contribution < -0.4 is 10.1 Å². The molecule has 0 aliphatic rings. The van der Waals surface area contributed by atoms with Crippen molar-refractivity contribution >= 4 is 5.91 Å². The van der Waals surface area contributed by atoms with E-state index in [-0.39, 0.29) is 12.5 Å². The first-order valence-electron chi connectivity index (χ1n) is 6.65. The van der Waals surface area contributed by atoms with Gasteiger partial charge in [-0.15, -0.1) is 0 Å². The third-order valence-electron chi connectivity index (χ3n) is 3.17. The van der Waals surface area contributed by atoms with Crippen LogP contribution in [0.5, 0.6) is 5.75 Å². The summed E-state index contributed by atoms with van der Waals surface area (Å²) in [6.45, 7) is 1.86. The number of rotatable bonds is 5. The van der Waals surface area contributed by atoms with Crippen LogP contribution in [0.3, 0.4) is 0 Å². The summed E-state index contributed by atoms with van der Waals surface area (Å²) in [7, 11) is 1.54. The summed E-state index contributed by atoms with van der Waals surface area (Å²) in [6.07, 6.45) is 1.45. The highest BCUT2D eigenvalue weighted by atomic mass is 16.5. The largest absolute Gasteiger partial charge is 0.487 e. The molecule has 0 bridgehead atoms. The predicted octanol–water partition coefficient (Wildman–Crippen LogP) is 1.82. The Balaban J connectivity index is 2.31. The molecule has 0 aliphatic heterocycles. The van der Waals surface area contributed by atoms with Crippen LogP contribution >= 0.6 is 0 Å². The Hall–Kier alpha value is -2.40. The Labute approximate surface area is 123 Å². The molecule has 0 aliphatic carbocycles. The second-order valence-corrected chi connectivity index (χ2v) is 4.58. The molecule has 0 saturated heterocycles. The van der Waals surface area contributed by atoms with E-state index < -0.39 is 0 Å². The molecule has 0 spiro atoms. The third kappa shape index (κ3) is 3.38. The van der Waals surface area contributed by atoms with E-state index >= 15 is 0 Å². The van der Waals surface area contributed by atoms with Gasteiger partial charge in [0.25, 0.3) is 5.91 Å². The zero-order valence-electron chi connectivity index (χ0n) is 12.1. The van der Waals surface area contributed by atoms with Crippen LogP contribution in [0, 0.1) is 6.92 Å². The molecule has 1 amide bonds. The summed E-state index contributed by atoms with van der Waals surface area (Å²) >= 11 is 0. The van der Waals surface area contributed by atoms with Gasteiger partial charge >= 0.3 is 0 Å². The monoisotopic (exact) mass is 286 g/mol. The highest BCUT2D eigenvalue weighted by molar-refractivity contribution is 5.95. The number of aromatic nitrogens is 1. The summed E-state index contributed by atoms with van der Waals surface area (Å²) < 4.78 is 5.78. The number of hydrogen-bond donors (Lipinski definition) is 2. The molecule has 2 rings (SSSR count). The van der Waals surface area contributed by atoms with Gasteiger partial charge in [-0.25, -0.2) is 0 Å². The first-order chi connectivity index (χ1) is 10.2. The Bertz CT molecular complexity index is 627. The molecule has 2 N–H and O–H groups in total. The van der Waals surface area contributed by atoms with E-state index in [1.165, 1.54) is 13.2 Å². The fourth-order valence-electron chi connectivity index (χ4n) is 2.05. The van der Waals surface area contributed by atoms with E-state index in [0.29, 0.717) is 29.2 Å². The zero-order valence-corrected chi connectivity index (χ0v) is 12.1. The number of carbonyl (C=O) groups excluding carboxylic acids is 1. The Morgan fingerprint density at radius 2 is 2.05 bits per heavy atom. The first kappa shape index (κ1) is 15.0. The molecule has 1 aromatic heterocycles. The average Bonchev–Trinajstić information content (AvgIpc) is 2.53. The van der Waals surface area contributed by atoms with E-state index in [9.17, 15) is 9.90 Å². The van der Waals surface area contributed by atoms with Crippen molar-refractivity contribution in [3.63, 3.8) is 0 Å². The number of aliphatic hydroxyl groups is 1. The SMILES string of the molecule is CNC(=O)c1cnc(C)c(OCc2ccccc2)c1CO. The maximum Gasteiger partial charge on any atom is 0.253 e. The van der Waals surface area contributed by atoms with Gasteiger partial charge in [-0.3, -0.25) is 9.78 Å². The summed E-state index contributed by atoms with van der Waals surface area (Å²) in [5.41, 5.74) is 2.43. The van der Waals surface area contributed by atoms with Crippen LogP contribution in [0.2, 0.25) is 0 Å². The van der Waals surface area contributed by atoms with Crippen molar-refractivity contribution in [3.8, 4) is 5.75 Å². The summed E-state index contributed by atoms with van der Waals surface area (Å²) in [4.78, 5) is 16.0. The number of nitrogens with one attached hydrogen (secondary N) is 1. The summed E-state index contributed by atoms with van der Waals surface area (Å²) in [5, 5.41) is 12.1. The second-order valence-electron chi connectivity index (χ2n) is 4.58. The minimum Gasteiger partial charge on any atom is -0.487 e. The zero-order chi connectivity index (χ0) is 15.2. The minimum absolute atomic E-state index is 0.282. The Kier molecular flexibility index (Phi) is 4.90. The van der Waals surface area contributed by atoms with Crippen LogP contribution in [0.1, 0.15) is 27.2 Å². The number of pyridine rings is 1. The van der Waals surface area contributed by atoms with Crippen molar-refractivity contribution < 1.29 is 14.6 Å². The molecule has 21 heavy (non-hydrogen) atoms. The normalized spacial score (nSPS) is 10.2. The molecule has 5 heteroatoms. The number of ether oxygens (including phenoxy) is 1. The fraction of sp³-hybridized carbons (Fsp3) is 0.250. The van der Waals surface area contributed by atoms with Gasteiger partial charge in [-0.1, -0.05) is 30.3 Å². The van der Waals surface area contributed by atoms with Crippen molar-refractivity contribution in [2.45, 2.75) is 20.1 Å². The van der Waals surface area contributed by atoms with Gasteiger partial charge in [0.1, 0.15) is 12.4 Å². The number of amides is 1. The second kappa shape index (κ2) is 6.85. The lowest BCUT2D eigenvalue weighted by Gasteiger charge is -2.15. The Morgan fingerprint density at radius 1 is 1.33 bits per heavy atom. The highest BCUT2D eigenvalue weighted by Gasteiger charge is 2.17. The molecule has 0 fully saturated rings. The number of nitrogens with zero attached hydrogens (tertiary/aromatic N) is 1. The third-order valence-corrected chi connectivity index (χ3v) is 3.17. The summed E-state index contributed by atoms with van der Waals surface area (Å²) in [5.74, 6) is 0.165. The molecule has 0 unspecified atom stereocenters. The van der Waals surface area contributed by atoms with Gasteiger partial charge in [0.15, 0.2) is 0 Å².